The normalized spacial score (nSPS) is 11.4. The van der Waals surface area contributed by atoms with Crippen LogP contribution in [0.4, 0.5) is 5.69 Å². The summed E-state index contributed by atoms with van der Waals surface area (Å²) in [5, 5.41) is 0. The van der Waals surface area contributed by atoms with Crippen molar-refractivity contribution in [3.63, 3.8) is 0 Å². The molecule has 0 aromatic heterocycles. The summed E-state index contributed by atoms with van der Waals surface area (Å²) < 4.78 is 25.2. The number of aryl methyl sites for hydroxylation is 1. The minimum absolute atomic E-state index is 0.102. The van der Waals surface area contributed by atoms with Crippen molar-refractivity contribution in [3.8, 4) is 0 Å². The van der Waals surface area contributed by atoms with Crippen LogP contribution in [0.15, 0.2) is 24.3 Å². The van der Waals surface area contributed by atoms with Crippen LogP contribution in [0.2, 0.25) is 0 Å². The smallest absolute Gasteiger partial charge is 0.232 e. The molecular weight excluding hydrogens is 234 g/mol. The molecule has 4 heteroatoms. The molecule has 0 radical (unpaired) electrons. The van der Waals surface area contributed by atoms with Gasteiger partial charge in [0.05, 0.1) is 5.75 Å². The third-order valence-electron chi connectivity index (χ3n) is 2.68. The Kier molecular flexibility index (Phi) is 5.48. The summed E-state index contributed by atoms with van der Waals surface area (Å²) >= 11 is 0. The number of hydrogen-bond donors (Lipinski definition) is 1. The largest absolute Gasteiger partial charge is 0.284 e. The van der Waals surface area contributed by atoms with Gasteiger partial charge in [-0.2, -0.15) is 0 Å². The lowest BCUT2D eigenvalue weighted by Gasteiger charge is -2.07. The summed E-state index contributed by atoms with van der Waals surface area (Å²) in [6.07, 6.45) is 4.71. The van der Waals surface area contributed by atoms with Gasteiger partial charge in [-0.1, -0.05) is 31.9 Å². The zero-order valence-electron chi connectivity index (χ0n) is 10.6. The fourth-order valence-corrected chi connectivity index (χ4v) is 2.21. The molecule has 3 nitrogen and oxygen atoms in total. The van der Waals surface area contributed by atoms with Crippen molar-refractivity contribution in [2.45, 2.75) is 39.5 Å². The standard InChI is InChI=1S/C13H21NO2S/c1-3-5-6-7-12-8-10-13(11-9-12)14-17(15,16)4-2/h8-11,14H,3-7H2,1-2H3. The molecular formula is C13H21NO2S. The molecule has 0 amide bonds. The molecule has 1 aromatic carbocycles. The maximum atomic E-state index is 11.4. The monoisotopic (exact) mass is 255 g/mol. The van der Waals surface area contributed by atoms with Gasteiger partial charge in [0.15, 0.2) is 0 Å². The van der Waals surface area contributed by atoms with Crippen LogP contribution in [0.3, 0.4) is 0 Å². The van der Waals surface area contributed by atoms with Crippen LogP contribution in [0.25, 0.3) is 0 Å². The Bertz CT molecular complexity index is 423. The van der Waals surface area contributed by atoms with Crippen LogP contribution in [-0.2, 0) is 16.4 Å². The van der Waals surface area contributed by atoms with Gasteiger partial charge in [-0.15, -0.1) is 0 Å². The molecule has 0 aliphatic rings. The molecule has 0 saturated carbocycles. The zero-order chi connectivity index (χ0) is 12.7. The highest BCUT2D eigenvalue weighted by Crippen LogP contribution is 2.13. The third kappa shape index (κ3) is 5.22. The van der Waals surface area contributed by atoms with Crippen LogP contribution >= 0.6 is 0 Å². The maximum Gasteiger partial charge on any atom is 0.232 e. The Morgan fingerprint density at radius 1 is 1.06 bits per heavy atom. The van der Waals surface area contributed by atoms with E-state index in [0.717, 1.165) is 6.42 Å². The number of nitrogens with one attached hydrogen (secondary N) is 1. The second kappa shape index (κ2) is 6.64. The molecule has 0 saturated heterocycles. The third-order valence-corrected chi connectivity index (χ3v) is 3.98. The molecule has 1 rings (SSSR count). The lowest BCUT2D eigenvalue weighted by Crippen LogP contribution is -2.14. The predicted molar refractivity (Wildman–Crippen MR) is 72.8 cm³/mol. The summed E-state index contributed by atoms with van der Waals surface area (Å²) in [5.41, 5.74) is 1.91. The van der Waals surface area contributed by atoms with Crippen LogP contribution in [0.5, 0.6) is 0 Å². The van der Waals surface area contributed by atoms with Gasteiger partial charge in [-0.3, -0.25) is 4.72 Å². The first kappa shape index (κ1) is 14.0. The molecule has 0 unspecified atom stereocenters. The molecule has 1 aromatic rings. The summed E-state index contributed by atoms with van der Waals surface area (Å²) in [6.45, 7) is 3.81. The number of benzene rings is 1. The lowest BCUT2D eigenvalue weighted by atomic mass is 10.1. The SMILES string of the molecule is CCCCCc1ccc(NS(=O)(=O)CC)cc1. The van der Waals surface area contributed by atoms with Gasteiger partial charge >= 0.3 is 0 Å². The molecule has 0 heterocycles. The van der Waals surface area contributed by atoms with Crippen molar-refractivity contribution in [1.29, 1.82) is 0 Å². The van der Waals surface area contributed by atoms with Crippen molar-refractivity contribution in [3.05, 3.63) is 29.8 Å². The number of rotatable bonds is 7. The Morgan fingerprint density at radius 3 is 2.24 bits per heavy atom. The molecule has 0 fully saturated rings. The molecule has 17 heavy (non-hydrogen) atoms. The highest BCUT2D eigenvalue weighted by atomic mass is 32.2. The van der Waals surface area contributed by atoms with Gasteiger partial charge in [-0.05, 0) is 37.5 Å². The van der Waals surface area contributed by atoms with E-state index in [9.17, 15) is 8.42 Å². The summed E-state index contributed by atoms with van der Waals surface area (Å²) in [6, 6.07) is 7.63. The number of hydrogen-bond acceptors (Lipinski definition) is 2. The molecule has 1 N–H and O–H groups in total. The van der Waals surface area contributed by atoms with Crippen molar-refractivity contribution >= 4 is 15.7 Å². The molecule has 0 aliphatic heterocycles. The average Bonchev–Trinajstić information content (AvgIpc) is 2.31. The van der Waals surface area contributed by atoms with Crippen LogP contribution in [0.1, 0.15) is 38.7 Å². The average molecular weight is 255 g/mol. The first-order valence-corrected chi connectivity index (χ1v) is 7.82. The Labute approximate surface area is 104 Å². The maximum absolute atomic E-state index is 11.4. The highest BCUT2D eigenvalue weighted by Gasteiger charge is 2.05. The number of sulfonamides is 1. The number of anilines is 1. The van der Waals surface area contributed by atoms with Crippen LogP contribution in [0, 0.1) is 0 Å². The highest BCUT2D eigenvalue weighted by molar-refractivity contribution is 7.92. The van der Waals surface area contributed by atoms with E-state index in [4.69, 9.17) is 0 Å². The van der Waals surface area contributed by atoms with Crippen molar-refractivity contribution < 1.29 is 8.42 Å². The molecule has 0 spiro atoms. The molecule has 0 aliphatic carbocycles. The summed E-state index contributed by atoms with van der Waals surface area (Å²) in [5.74, 6) is 0.102. The van der Waals surface area contributed by atoms with Gasteiger partial charge in [-0.25, -0.2) is 8.42 Å². The van der Waals surface area contributed by atoms with Crippen molar-refractivity contribution in [2.75, 3.05) is 10.5 Å². The van der Waals surface area contributed by atoms with E-state index in [0.29, 0.717) is 5.69 Å². The second-order valence-corrected chi connectivity index (χ2v) is 6.17. The first-order chi connectivity index (χ1) is 8.07. The number of unbranched alkanes of at least 4 members (excludes halogenated alkanes) is 2. The van der Waals surface area contributed by atoms with Crippen molar-refractivity contribution in [2.24, 2.45) is 0 Å². The van der Waals surface area contributed by atoms with Gasteiger partial charge in [0.1, 0.15) is 0 Å². The minimum Gasteiger partial charge on any atom is -0.284 e. The van der Waals surface area contributed by atoms with E-state index in [1.165, 1.54) is 24.8 Å². The van der Waals surface area contributed by atoms with E-state index >= 15 is 0 Å². The zero-order valence-corrected chi connectivity index (χ0v) is 11.4. The predicted octanol–water partition coefficient (Wildman–Crippen LogP) is 3.18. The lowest BCUT2D eigenvalue weighted by molar-refractivity contribution is 0.602. The Balaban J connectivity index is 2.56. The van der Waals surface area contributed by atoms with E-state index in [1.807, 2.05) is 24.3 Å². The van der Waals surface area contributed by atoms with Gasteiger partial charge < -0.3 is 0 Å². The fourth-order valence-electron chi connectivity index (χ4n) is 1.57. The quantitative estimate of drug-likeness (QED) is 0.761. The summed E-state index contributed by atoms with van der Waals surface area (Å²) in [4.78, 5) is 0. The van der Waals surface area contributed by atoms with E-state index in [2.05, 4.69) is 11.6 Å². The van der Waals surface area contributed by atoms with E-state index in [-0.39, 0.29) is 5.75 Å². The van der Waals surface area contributed by atoms with Gasteiger partial charge in [0.2, 0.25) is 10.0 Å². The second-order valence-electron chi connectivity index (χ2n) is 4.16. The summed E-state index contributed by atoms with van der Waals surface area (Å²) in [7, 11) is -3.16. The molecule has 0 bridgehead atoms. The topological polar surface area (TPSA) is 46.2 Å². The molecule has 96 valence electrons. The van der Waals surface area contributed by atoms with Gasteiger partial charge in [0, 0.05) is 5.69 Å². The van der Waals surface area contributed by atoms with E-state index < -0.39 is 10.0 Å². The van der Waals surface area contributed by atoms with E-state index in [1.54, 1.807) is 6.92 Å². The van der Waals surface area contributed by atoms with Gasteiger partial charge in [0.25, 0.3) is 0 Å². The Hall–Kier alpha value is -1.03. The fraction of sp³-hybridized carbons (Fsp3) is 0.538. The van der Waals surface area contributed by atoms with Crippen LogP contribution < -0.4 is 4.72 Å². The van der Waals surface area contributed by atoms with Crippen LogP contribution in [-0.4, -0.2) is 14.2 Å². The Morgan fingerprint density at radius 2 is 1.71 bits per heavy atom. The van der Waals surface area contributed by atoms with Crippen molar-refractivity contribution in [1.82, 2.24) is 0 Å². The minimum atomic E-state index is -3.16. The molecule has 0 atom stereocenters. The first-order valence-electron chi connectivity index (χ1n) is 6.17.